The third kappa shape index (κ3) is 6.09. The number of para-hydroxylation sites is 1. The second kappa shape index (κ2) is 11.9. The van der Waals surface area contributed by atoms with E-state index < -0.39 is 15.9 Å². The lowest BCUT2D eigenvalue weighted by Crippen LogP contribution is -2.43. The number of benzene rings is 3. The lowest BCUT2D eigenvalue weighted by atomic mass is 9.83. The number of nitrogens with two attached hydrogens (primary N) is 1. The summed E-state index contributed by atoms with van der Waals surface area (Å²) in [7, 11) is -0.330. The minimum atomic E-state index is -4.21. The molecule has 4 aromatic rings. The number of hydrogen-bond donors (Lipinski definition) is 1. The van der Waals surface area contributed by atoms with E-state index in [1.165, 1.54) is 12.1 Å². The van der Waals surface area contributed by atoms with Crippen LogP contribution in [-0.4, -0.2) is 42.7 Å². The number of amides is 1. The van der Waals surface area contributed by atoms with Crippen LogP contribution in [0.2, 0.25) is 0 Å². The van der Waals surface area contributed by atoms with Crippen molar-refractivity contribution in [3.8, 4) is 11.1 Å². The second-order valence-corrected chi connectivity index (χ2v) is 12.9. The highest BCUT2D eigenvalue weighted by atomic mass is 32.2. The molecule has 2 N–H and O–H groups in total. The number of hydrazine groups is 1. The molecule has 8 heteroatoms. The fourth-order valence-corrected chi connectivity index (χ4v) is 6.09. The molecule has 1 amide bonds. The molecular weight excluding hydrogens is 520 g/mol. The fraction of sp³-hybridized carbons (Fsp3) is 0.312. The zero-order chi connectivity index (χ0) is 29.2. The molecule has 1 aromatic heterocycles. The van der Waals surface area contributed by atoms with Crippen LogP contribution in [0.25, 0.3) is 22.0 Å². The minimum Gasteiger partial charge on any atom is -0.305 e. The lowest BCUT2D eigenvalue weighted by Gasteiger charge is -2.24. The van der Waals surface area contributed by atoms with Gasteiger partial charge in [0.05, 0.1) is 16.8 Å². The Hall–Kier alpha value is -3.59. The molecule has 0 unspecified atom stereocenters. The van der Waals surface area contributed by atoms with Gasteiger partial charge in [0.25, 0.3) is 15.9 Å². The molecule has 0 saturated heterocycles. The summed E-state index contributed by atoms with van der Waals surface area (Å²) in [6.45, 7) is 8.97. The Morgan fingerprint density at radius 3 is 2.08 bits per heavy atom. The van der Waals surface area contributed by atoms with Gasteiger partial charge in [-0.25, -0.2) is 5.84 Å². The standard InChI is InChI=1S/C32H38N4O3S/c1-21(2)28-17-25(27-11-7-9-24-10-8-16-34-32(24)27)18-29(22(3)4)30(28)19-31(37)36(33)40(38,39)26-14-12-23(13-15-26)20-35(5)6/h7-18,21-22H,19-20,33H2,1-6H3. The quantitative estimate of drug-likeness (QED) is 0.157. The van der Waals surface area contributed by atoms with Gasteiger partial charge in [0.1, 0.15) is 0 Å². The molecule has 0 bridgehead atoms. The van der Waals surface area contributed by atoms with Gasteiger partial charge in [0.2, 0.25) is 0 Å². The number of fused-ring (bicyclic) bond motifs is 1. The average molecular weight is 559 g/mol. The zero-order valence-corrected chi connectivity index (χ0v) is 24.9. The SMILES string of the molecule is CC(C)c1cc(-c2cccc3cccnc23)cc(C(C)C)c1CC(=O)N(N)S(=O)(=O)c1ccc(CN(C)C)cc1. The maximum atomic E-state index is 13.4. The van der Waals surface area contributed by atoms with Crippen molar-refractivity contribution in [3.05, 3.63) is 95.2 Å². The van der Waals surface area contributed by atoms with Crippen LogP contribution in [0.4, 0.5) is 0 Å². The van der Waals surface area contributed by atoms with Crippen molar-refractivity contribution in [2.24, 2.45) is 5.84 Å². The Bertz CT molecular complexity index is 1590. The van der Waals surface area contributed by atoms with Crippen LogP contribution < -0.4 is 5.84 Å². The van der Waals surface area contributed by atoms with E-state index in [9.17, 15) is 13.2 Å². The van der Waals surface area contributed by atoms with Crippen LogP contribution in [0.15, 0.2) is 77.8 Å². The summed E-state index contributed by atoms with van der Waals surface area (Å²) in [4.78, 5) is 20.0. The molecule has 0 aliphatic heterocycles. The molecule has 0 spiro atoms. The number of carbonyl (C=O) groups is 1. The number of pyridine rings is 1. The maximum Gasteiger partial charge on any atom is 0.280 e. The summed E-state index contributed by atoms with van der Waals surface area (Å²) in [5.41, 5.74) is 6.70. The average Bonchev–Trinajstić information content (AvgIpc) is 2.92. The van der Waals surface area contributed by atoms with Crippen molar-refractivity contribution < 1.29 is 13.2 Å². The van der Waals surface area contributed by atoms with Gasteiger partial charge in [-0.15, -0.1) is 0 Å². The van der Waals surface area contributed by atoms with E-state index in [0.717, 1.165) is 44.3 Å². The Labute approximate surface area is 237 Å². The molecule has 0 atom stereocenters. The van der Waals surface area contributed by atoms with Crippen LogP contribution in [0.3, 0.4) is 0 Å². The number of nitrogens with zero attached hydrogens (tertiary/aromatic N) is 3. The molecule has 4 rings (SSSR count). The maximum absolute atomic E-state index is 13.4. The van der Waals surface area contributed by atoms with Crippen LogP contribution in [0.5, 0.6) is 0 Å². The van der Waals surface area contributed by atoms with Gasteiger partial charge >= 0.3 is 0 Å². The molecule has 1 heterocycles. The molecule has 0 aliphatic rings. The van der Waals surface area contributed by atoms with Gasteiger partial charge in [0.15, 0.2) is 0 Å². The Kier molecular flexibility index (Phi) is 8.73. The van der Waals surface area contributed by atoms with Crippen LogP contribution in [-0.2, 0) is 27.8 Å². The summed E-state index contributed by atoms with van der Waals surface area (Å²) in [6, 6.07) is 20.7. The summed E-state index contributed by atoms with van der Waals surface area (Å²) >= 11 is 0. The van der Waals surface area contributed by atoms with Crippen molar-refractivity contribution in [2.75, 3.05) is 14.1 Å². The molecule has 0 fully saturated rings. The number of rotatable bonds is 9. The highest BCUT2D eigenvalue weighted by Crippen LogP contribution is 2.36. The van der Waals surface area contributed by atoms with Crippen molar-refractivity contribution in [1.29, 1.82) is 0 Å². The van der Waals surface area contributed by atoms with Gasteiger partial charge in [0, 0.05) is 23.7 Å². The van der Waals surface area contributed by atoms with Crippen molar-refractivity contribution in [1.82, 2.24) is 14.3 Å². The first-order valence-corrected chi connectivity index (χ1v) is 14.9. The van der Waals surface area contributed by atoms with Gasteiger partial charge in [-0.1, -0.05) is 76.2 Å². The Morgan fingerprint density at radius 1 is 0.900 bits per heavy atom. The predicted octanol–water partition coefficient (Wildman–Crippen LogP) is 5.84. The van der Waals surface area contributed by atoms with E-state index >= 15 is 0 Å². The zero-order valence-electron chi connectivity index (χ0n) is 24.0. The lowest BCUT2D eigenvalue weighted by molar-refractivity contribution is -0.126. The van der Waals surface area contributed by atoms with Crippen LogP contribution in [0, 0.1) is 0 Å². The summed E-state index contributed by atoms with van der Waals surface area (Å²) in [6.07, 6.45) is 1.67. The normalized spacial score (nSPS) is 12.1. The molecule has 3 aromatic carbocycles. The van der Waals surface area contributed by atoms with E-state index in [4.69, 9.17) is 5.84 Å². The topological polar surface area (TPSA) is 96.6 Å². The summed E-state index contributed by atoms with van der Waals surface area (Å²) < 4.78 is 26.9. The fourth-order valence-electron chi connectivity index (χ4n) is 5.05. The number of sulfonamides is 1. The number of aromatic nitrogens is 1. The monoisotopic (exact) mass is 558 g/mol. The van der Waals surface area contributed by atoms with Gasteiger partial charge in [-0.2, -0.15) is 12.8 Å². The van der Waals surface area contributed by atoms with E-state index in [2.05, 4.69) is 50.9 Å². The van der Waals surface area contributed by atoms with Gasteiger partial charge in [-0.05, 0) is 71.9 Å². The first kappa shape index (κ1) is 29.4. The Morgan fingerprint density at radius 2 is 1.50 bits per heavy atom. The second-order valence-electron chi connectivity index (χ2n) is 11.1. The highest BCUT2D eigenvalue weighted by molar-refractivity contribution is 7.89. The van der Waals surface area contributed by atoms with Crippen molar-refractivity contribution >= 4 is 26.8 Å². The molecule has 0 radical (unpaired) electrons. The smallest absolute Gasteiger partial charge is 0.280 e. The van der Waals surface area contributed by atoms with Crippen LogP contribution >= 0.6 is 0 Å². The molecular formula is C32H38N4O3S. The first-order valence-electron chi connectivity index (χ1n) is 13.5. The van der Waals surface area contributed by atoms with E-state index in [-0.39, 0.29) is 23.2 Å². The van der Waals surface area contributed by atoms with Crippen molar-refractivity contribution in [3.63, 3.8) is 0 Å². The third-order valence-corrected chi connectivity index (χ3v) is 8.65. The van der Waals surface area contributed by atoms with E-state index in [1.807, 2.05) is 43.3 Å². The van der Waals surface area contributed by atoms with E-state index in [0.29, 0.717) is 11.0 Å². The number of carbonyl (C=O) groups excluding carboxylic acids is 1. The molecule has 0 aliphatic carbocycles. The molecule has 7 nitrogen and oxygen atoms in total. The van der Waals surface area contributed by atoms with E-state index in [1.54, 1.807) is 18.3 Å². The highest BCUT2D eigenvalue weighted by Gasteiger charge is 2.29. The summed E-state index contributed by atoms with van der Waals surface area (Å²) in [5, 5.41) is 1.05. The first-order chi connectivity index (χ1) is 18.9. The van der Waals surface area contributed by atoms with Gasteiger partial charge in [-0.3, -0.25) is 9.78 Å². The Balaban J connectivity index is 1.72. The minimum absolute atomic E-state index is 0.0159. The summed E-state index contributed by atoms with van der Waals surface area (Å²) in [5.74, 6) is 5.51. The largest absolute Gasteiger partial charge is 0.305 e. The number of hydrogen-bond acceptors (Lipinski definition) is 6. The predicted molar refractivity (Wildman–Crippen MR) is 161 cm³/mol. The molecule has 40 heavy (non-hydrogen) atoms. The molecule has 0 saturated carbocycles. The third-order valence-electron chi connectivity index (χ3n) is 7.06. The van der Waals surface area contributed by atoms with Crippen molar-refractivity contribution in [2.45, 2.75) is 57.4 Å². The van der Waals surface area contributed by atoms with Gasteiger partial charge < -0.3 is 4.90 Å². The molecule has 210 valence electrons. The van der Waals surface area contributed by atoms with Crippen LogP contribution in [0.1, 0.15) is 61.8 Å².